The number of hydrogen-bond acceptors (Lipinski definition) is 4. The quantitative estimate of drug-likeness (QED) is 0.610. The van der Waals surface area contributed by atoms with Crippen LogP contribution in [-0.2, 0) is 14.6 Å². The smallest absolute Gasteiger partial charge is 0.326 e. The molecule has 2 aromatic rings. The zero-order valence-corrected chi connectivity index (χ0v) is 15.9. The number of sulfone groups is 1. The van der Waals surface area contributed by atoms with Gasteiger partial charge in [-0.05, 0) is 18.6 Å². The Morgan fingerprint density at radius 3 is 2.67 bits per heavy atom. The molecule has 0 radical (unpaired) electrons. The second-order valence-corrected chi connectivity index (χ2v) is 9.87. The van der Waals surface area contributed by atoms with Gasteiger partial charge in [0.05, 0.1) is 35.6 Å². The van der Waals surface area contributed by atoms with Gasteiger partial charge in [0.15, 0.2) is 16.4 Å². The van der Waals surface area contributed by atoms with Gasteiger partial charge < -0.3 is 15.2 Å². The van der Waals surface area contributed by atoms with Crippen molar-refractivity contribution in [3.8, 4) is 0 Å². The summed E-state index contributed by atoms with van der Waals surface area (Å²) < 4.78 is 24.8. The highest BCUT2D eigenvalue weighted by molar-refractivity contribution is 7.91. The highest BCUT2D eigenvalue weighted by Gasteiger charge is 2.31. The van der Waals surface area contributed by atoms with Crippen molar-refractivity contribution in [2.75, 3.05) is 31.1 Å². The number of carbonyl (C=O) groups is 1. The molecule has 1 amide bonds. The van der Waals surface area contributed by atoms with Gasteiger partial charge in [0.25, 0.3) is 5.91 Å². The van der Waals surface area contributed by atoms with Crippen molar-refractivity contribution in [3.63, 3.8) is 0 Å². The molecular weight excluding hydrogens is 368 g/mol. The first kappa shape index (κ1) is 18.2. The summed E-state index contributed by atoms with van der Waals surface area (Å²) in [7, 11) is -2.99. The standard InChI is InChI=1S/C18H24N4O4S/c23-17(19-13-7-10-27(25,26)12-13)11-21-8-5-14(6-9-21)22-16-4-2-1-3-15(16)20-18(22)24/h1-4,13-14H,5-12H2,(H,19,23)(H,20,24)/p+1/t13-/m1/s1. The minimum absolute atomic E-state index is 0.0552. The lowest BCUT2D eigenvalue weighted by atomic mass is 10.0. The number of quaternary nitrogens is 1. The van der Waals surface area contributed by atoms with E-state index in [1.807, 2.05) is 28.8 Å². The molecule has 1 atom stereocenters. The largest absolute Gasteiger partial charge is 0.347 e. The number of H-pyrrole nitrogens is 1. The van der Waals surface area contributed by atoms with E-state index in [2.05, 4.69) is 10.3 Å². The van der Waals surface area contributed by atoms with E-state index in [0.29, 0.717) is 13.0 Å². The van der Waals surface area contributed by atoms with Gasteiger partial charge in [-0.1, -0.05) is 12.1 Å². The molecule has 0 spiro atoms. The van der Waals surface area contributed by atoms with Gasteiger partial charge in [-0.25, -0.2) is 13.2 Å². The summed E-state index contributed by atoms with van der Waals surface area (Å²) in [5.41, 5.74) is 1.70. The fraction of sp³-hybridized carbons (Fsp3) is 0.556. The first-order valence-electron chi connectivity index (χ1n) is 9.44. The minimum atomic E-state index is -2.99. The van der Waals surface area contributed by atoms with E-state index in [1.165, 1.54) is 4.90 Å². The first-order valence-corrected chi connectivity index (χ1v) is 11.3. The molecule has 0 bridgehead atoms. The van der Waals surface area contributed by atoms with Crippen LogP contribution >= 0.6 is 0 Å². The molecule has 2 saturated heterocycles. The molecule has 2 fully saturated rings. The number of rotatable bonds is 4. The molecule has 1 aromatic carbocycles. The maximum absolute atomic E-state index is 12.3. The van der Waals surface area contributed by atoms with E-state index >= 15 is 0 Å². The Bertz CT molecular complexity index is 1000. The fourth-order valence-corrected chi connectivity index (χ4v) is 5.97. The van der Waals surface area contributed by atoms with E-state index in [1.54, 1.807) is 0 Å². The van der Waals surface area contributed by atoms with Gasteiger partial charge >= 0.3 is 5.69 Å². The Hall–Kier alpha value is -2.13. The van der Waals surface area contributed by atoms with E-state index < -0.39 is 9.84 Å². The molecule has 4 rings (SSSR count). The number of likely N-dealkylation sites (tertiary alicyclic amines) is 1. The van der Waals surface area contributed by atoms with Crippen LogP contribution in [0.15, 0.2) is 29.1 Å². The molecule has 2 aliphatic heterocycles. The Morgan fingerprint density at radius 1 is 1.22 bits per heavy atom. The molecule has 1 aromatic heterocycles. The van der Waals surface area contributed by atoms with Gasteiger partial charge in [-0.2, -0.15) is 0 Å². The van der Waals surface area contributed by atoms with E-state index in [-0.39, 0.29) is 35.2 Å². The molecule has 27 heavy (non-hydrogen) atoms. The predicted octanol–water partition coefficient (Wildman–Crippen LogP) is -1.15. The Kier molecular flexibility index (Phi) is 4.81. The Labute approximate surface area is 157 Å². The first-order chi connectivity index (χ1) is 12.9. The van der Waals surface area contributed by atoms with Crippen LogP contribution in [0.5, 0.6) is 0 Å². The number of fused-ring (bicyclic) bond motifs is 1. The number of imidazole rings is 1. The zero-order valence-electron chi connectivity index (χ0n) is 15.1. The van der Waals surface area contributed by atoms with E-state index in [0.717, 1.165) is 37.0 Å². The van der Waals surface area contributed by atoms with Gasteiger partial charge in [0.1, 0.15) is 0 Å². The number of nitrogens with one attached hydrogen (secondary N) is 3. The summed E-state index contributed by atoms with van der Waals surface area (Å²) >= 11 is 0. The van der Waals surface area contributed by atoms with Crippen LogP contribution in [0.2, 0.25) is 0 Å². The highest BCUT2D eigenvalue weighted by atomic mass is 32.2. The third kappa shape index (κ3) is 3.93. The third-order valence-electron chi connectivity index (χ3n) is 5.66. The van der Waals surface area contributed by atoms with Gasteiger partial charge in [0, 0.05) is 24.9 Å². The normalized spacial score (nSPS) is 27.6. The maximum Gasteiger partial charge on any atom is 0.326 e. The summed E-state index contributed by atoms with van der Waals surface area (Å²) in [5.74, 6) is 0.129. The SMILES string of the molecule is O=C(C[NH+]1CCC(n2c(=O)[nH]c3ccccc32)CC1)N[C@@H]1CCS(=O)(=O)C1. The second kappa shape index (κ2) is 7.12. The summed E-state index contributed by atoms with van der Waals surface area (Å²) in [6.07, 6.45) is 2.18. The van der Waals surface area contributed by atoms with Crippen molar-refractivity contribution in [3.05, 3.63) is 34.7 Å². The number of nitrogens with zero attached hydrogens (tertiary/aromatic N) is 1. The lowest BCUT2D eigenvalue weighted by Crippen LogP contribution is -3.14. The van der Waals surface area contributed by atoms with Gasteiger partial charge in [-0.15, -0.1) is 0 Å². The summed E-state index contributed by atoms with van der Waals surface area (Å²) in [6.45, 7) is 1.98. The maximum atomic E-state index is 12.3. The van der Waals surface area contributed by atoms with E-state index in [9.17, 15) is 18.0 Å². The van der Waals surface area contributed by atoms with Crippen molar-refractivity contribution in [2.45, 2.75) is 31.3 Å². The molecule has 3 heterocycles. The molecule has 0 saturated carbocycles. The van der Waals surface area contributed by atoms with Crippen LogP contribution in [0.4, 0.5) is 0 Å². The second-order valence-electron chi connectivity index (χ2n) is 7.64. The summed E-state index contributed by atoms with van der Waals surface area (Å²) in [6, 6.07) is 7.59. The number of carbonyl (C=O) groups excluding carboxylic acids is 1. The number of piperidine rings is 1. The number of para-hydroxylation sites is 2. The monoisotopic (exact) mass is 393 g/mol. The third-order valence-corrected chi connectivity index (χ3v) is 7.43. The molecule has 8 nitrogen and oxygen atoms in total. The lowest BCUT2D eigenvalue weighted by Gasteiger charge is -2.29. The lowest BCUT2D eigenvalue weighted by molar-refractivity contribution is -0.897. The van der Waals surface area contributed by atoms with Gasteiger partial charge in [0.2, 0.25) is 0 Å². The van der Waals surface area contributed by atoms with Crippen molar-refractivity contribution in [2.24, 2.45) is 0 Å². The average Bonchev–Trinajstić information content (AvgIpc) is 3.13. The molecule has 146 valence electrons. The number of hydrogen-bond donors (Lipinski definition) is 3. The number of aromatic nitrogens is 2. The van der Waals surface area contributed by atoms with Crippen LogP contribution in [0.3, 0.4) is 0 Å². The molecule has 3 N–H and O–H groups in total. The van der Waals surface area contributed by atoms with Crippen LogP contribution in [0, 0.1) is 0 Å². The van der Waals surface area contributed by atoms with Gasteiger partial charge in [-0.3, -0.25) is 9.36 Å². The zero-order chi connectivity index (χ0) is 19.0. The summed E-state index contributed by atoms with van der Waals surface area (Å²) in [5, 5.41) is 2.85. The molecule has 0 unspecified atom stereocenters. The predicted molar refractivity (Wildman–Crippen MR) is 102 cm³/mol. The number of benzene rings is 1. The number of aromatic amines is 1. The van der Waals surface area contributed by atoms with Crippen molar-refractivity contribution < 1.29 is 18.1 Å². The van der Waals surface area contributed by atoms with Crippen molar-refractivity contribution in [1.29, 1.82) is 0 Å². The molecular formula is C18H25N4O4S+. The molecule has 9 heteroatoms. The van der Waals surface area contributed by atoms with Crippen molar-refractivity contribution >= 4 is 26.8 Å². The molecule has 2 aliphatic rings. The minimum Gasteiger partial charge on any atom is -0.347 e. The van der Waals surface area contributed by atoms with E-state index in [4.69, 9.17) is 0 Å². The van der Waals surface area contributed by atoms with Crippen LogP contribution in [-0.4, -0.2) is 61.1 Å². The molecule has 0 aliphatic carbocycles. The topological polar surface area (TPSA) is 105 Å². The van der Waals surface area contributed by atoms with Crippen molar-refractivity contribution in [1.82, 2.24) is 14.9 Å². The van der Waals surface area contributed by atoms with Crippen LogP contribution in [0.25, 0.3) is 11.0 Å². The Morgan fingerprint density at radius 2 is 1.96 bits per heavy atom. The van der Waals surface area contributed by atoms with Crippen LogP contribution in [0.1, 0.15) is 25.3 Å². The fourth-order valence-electron chi connectivity index (χ4n) is 4.30. The Balaban J connectivity index is 1.33. The van der Waals surface area contributed by atoms with Crippen LogP contribution < -0.4 is 15.9 Å². The summed E-state index contributed by atoms with van der Waals surface area (Å²) in [4.78, 5) is 28.6. The number of amides is 1. The average molecular weight is 393 g/mol. The highest BCUT2D eigenvalue weighted by Crippen LogP contribution is 2.20.